The Kier molecular flexibility index (Phi) is 10.5. The Balaban J connectivity index is 2.31. The second kappa shape index (κ2) is 12.5. The maximum absolute atomic E-state index is 11.8. The number of hydrogen-bond donors (Lipinski definition) is 9. The average molecular weight is 498 g/mol. The van der Waals surface area contributed by atoms with Crippen LogP contribution >= 0.6 is 0 Å². The summed E-state index contributed by atoms with van der Waals surface area (Å²) in [7, 11) is 0. The summed E-state index contributed by atoms with van der Waals surface area (Å²) < 4.78 is 22.1. The van der Waals surface area contributed by atoms with Gasteiger partial charge in [-0.3, -0.25) is 9.59 Å². The molecule has 198 valence electrons. The maximum atomic E-state index is 11.8. The lowest BCUT2D eigenvalue weighted by Gasteiger charge is -2.48. The Morgan fingerprint density at radius 2 is 1.38 bits per heavy atom. The SMILES string of the molecule is CC(=O)NC1C(C)OC(CO)C(OC2OC(CO)C(OC(O)C(O)O)C(O)C2NC(C)=O)C1O. The molecular formula is C19H34N2O13. The number of carbonyl (C=O) groups is 2. The van der Waals surface area contributed by atoms with E-state index in [9.17, 15) is 35.1 Å². The summed E-state index contributed by atoms with van der Waals surface area (Å²) in [4.78, 5) is 23.3. The van der Waals surface area contributed by atoms with Gasteiger partial charge in [0.1, 0.15) is 42.7 Å². The van der Waals surface area contributed by atoms with E-state index in [1.54, 1.807) is 6.92 Å². The highest BCUT2D eigenvalue weighted by atomic mass is 16.7. The van der Waals surface area contributed by atoms with Crippen LogP contribution < -0.4 is 10.6 Å². The Morgan fingerprint density at radius 3 is 1.88 bits per heavy atom. The lowest BCUT2D eigenvalue weighted by molar-refractivity contribution is -0.340. The zero-order valence-corrected chi connectivity index (χ0v) is 18.9. The van der Waals surface area contributed by atoms with Gasteiger partial charge in [-0.25, -0.2) is 0 Å². The van der Waals surface area contributed by atoms with Gasteiger partial charge in [-0.2, -0.15) is 0 Å². The summed E-state index contributed by atoms with van der Waals surface area (Å²) in [6, 6.07) is -2.32. The Hall–Kier alpha value is -1.50. The molecule has 2 saturated heterocycles. The van der Waals surface area contributed by atoms with Crippen molar-refractivity contribution in [2.24, 2.45) is 0 Å². The predicted octanol–water partition coefficient (Wildman–Crippen LogP) is -5.39. The predicted molar refractivity (Wildman–Crippen MR) is 108 cm³/mol. The number of ether oxygens (including phenoxy) is 4. The van der Waals surface area contributed by atoms with Gasteiger partial charge in [-0.1, -0.05) is 0 Å². The van der Waals surface area contributed by atoms with Crippen LogP contribution in [0.5, 0.6) is 0 Å². The van der Waals surface area contributed by atoms with Crippen molar-refractivity contribution in [3.05, 3.63) is 0 Å². The van der Waals surface area contributed by atoms with Crippen LogP contribution in [-0.4, -0.2) is 134 Å². The quantitative estimate of drug-likeness (QED) is 0.135. The van der Waals surface area contributed by atoms with Crippen LogP contribution in [0, 0.1) is 0 Å². The molecule has 0 radical (unpaired) electrons. The van der Waals surface area contributed by atoms with E-state index in [0.717, 1.165) is 6.92 Å². The van der Waals surface area contributed by atoms with Crippen LogP contribution in [0.4, 0.5) is 0 Å². The molecule has 2 aliphatic rings. The summed E-state index contributed by atoms with van der Waals surface area (Å²) in [5.74, 6) is -1.08. The standard InChI is InChI=1S/C19H34N2O13/c1-6-11(20-7(2)24)13(26)16(9(4-22)31-6)34-19-12(21-8(3)25)14(27)15(10(5-23)32-19)33-18(30)17(28)29/h6,9-19,22-23,26-30H,4-5H2,1-3H3,(H,20,24)(H,21,25). The van der Waals surface area contributed by atoms with Gasteiger partial charge in [0, 0.05) is 13.8 Å². The number of aliphatic hydroxyl groups excluding tert-OH is 6. The van der Waals surface area contributed by atoms with Crippen molar-refractivity contribution in [3.63, 3.8) is 0 Å². The van der Waals surface area contributed by atoms with Crippen LogP contribution in [0.3, 0.4) is 0 Å². The average Bonchev–Trinajstić information content (AvgIpc) is 2.76. The van der Waals surface area contributed by atoms with Gasteiger partial charge in [0.15, 0.2) is 6.29 Å². The van der Waals surface area contributed by atoms with Crippen molar-refractivity contribution in [1.82, 2.24) is 10.6 Å². The highest BCUT2D eigenvalue weighted by molar-refractivity contribution is 5.73. The minimum Gasteiger partial charge on any atom is -0.394 e. The van der Waals surface area contributed by atoms with Crippen LogP contribution in [0.2, 0.25) is 0 Å². The van der Waals surface area contributed by atoms with Crippen molar-refractivity contribution in [2.75, 3.05) is 13.2 Å². The normalized spacial score (nSPS) is 39.5. The summed E-state index contributed by atoms with van der Waals surface area (Å²) in [6.45, 7) is 2.59. The molecule has 0 saturated carbocycles. The molecule has 15 heteroatoms. The Bertz CT molecular complexity index is 683. The number of carbonyl (C=O) groups excluding carboxylic acids is 2. The zero-order valence-electron chi connectivity index (χ0n) is 18.9. The highest BCUT2D eigenvalue weighted by Crippen LogP contribution is 2.30. The Morgan fingerprint density at radius 1 is 0.882 bits per heavy atom. The van der Waals surface area contributed by atoms with Gasteiger partial charge in [0.05, 0.1) is 25.4 Å². The second-order valence-electron chi connectivity index (χ2n) is 8.23. The molecule has 0 bridgehead atoms. The molecule has 11 atom stereocenters. The van der Waals surface area contributed by atoms with Crippen molar-refractivity contribution in [1.29, 1.82) is 0 Å². The summed E-state index contributed by atoms with van der Waals surface area (Å²) in [5, 5.41) is 73.9. The minimum absolute atomic E-state index is 0.453. The van der Waals surface area contributed by atoms with Gasteiger partial charge in [0.25, 0.3) is 0 Å². The minimum atomic E-state index is -2.33. The van der Waals surface area contributed by atoms with Crippen LogP contribution in [0.15, 0.2) is 0 Å². The number of aliphatic hydroxyl groups is 7. The van der Waals surface area contributed by atoms with E-state index < -0.39 is 98.7 Å². The van der Waals surface area contributed by atoms with Crippen LogP contribution in [0.1, 0.15) is 20.8 Å². The van der Waals surface area contributed by atoms with Crippen molar-refractivity contribution < 1.29 is 64.3 Å². The lowest BCUT2D eigenvalue weighted by atomic mass is 9.92. The third-order valence-electron chi connectivity index (χ3n) is 5.58. The molecule has 34 heavy (non-hydrogen) atoms. The fraction of sp³-hybridized carbons (Fsp3) is 0.895. The lowest BCUT2D eigenvalue weighted by Crippen LogP contribution is -2.69. The van der Waals surface area contributed by atoms with E-state index in [4.69, 9.17) is 29.2 Å². The van der Waals surface area contributed by atoms with E-state index >= 15 is 0 Å². The van der Waals surface area contributed by atoms with Crippen molar-refractivity contribution in [3.8, 4) is 0 Å². The van der Waals surface area contributed by atoms with Gasteiger partial charge >= 0.3 is 0 Å². The molecule has 15 nitrogen and oxygen atoms in total. The zero-order chi connectivity index (χ0) is 25.7. The number of nitrogens with one attached hydrogen (secondary N) is 2. The Labute approximate surface area is 195 Å². The molecule has 0 aromatic rings. The molecular weight excluding hydrogens is 464 g/mol. The highest BCUT2D eigenvalue weighted by Gasteiger charge is 2.52. The fourth-order valence-corrected chi connectivity index (χ4v) is 4.02. The van der Waals surface area contributed by atoms with Crippen LogP contribution in [-0.2, 0) is 28.5 Å². The van der Waals surface area contributed by atoms with E-state index in [2.05, 4.69) is 10.6 Å². The van der Waals surface area contributed by atoms with Gasteiger partial charge in [0.2, 0.25) is 24.4 Å². The molecule has 2 amide bonds. The molecule has 0 aromatic heterocycles. The molecule has 0 spiro atoms. The van der Waals surface area contributed by atoms with E-state index in [1.807, 2.05) is 0 Å². The van der Waals surface area contributed by atoms with E-state index in [0.29, 0.717) is 0 Å². The molecule has 0 aromatic carbocycles. The third-order valence-corrected chi connectivity index (χ3v) is 5.58. The number of rotatable bonds is 9. The van der Waals surface area contributed by atoms with E-state index in [-0.39, 0.29) is 0 Å². The summed E-state index contributed by atoms with van der Waals surface area (Å²) in [6.07, 6.45) is -15.1. The number of hydrogen-bond acceptors (Lipinski definition) is 13. The molecule has 2 aliphatic heterocycles. The second-order valence-corrected chi connectivity index (χ2v) is 8.23. The molecule has 0 aliphatic carbocycles. The summed E-state index contributed by atoms with van der Waals surface area (Å²) in [5.41, 5.74) is 0. The van der Waals surface area contributed by atoms with Crippen molar-refractivity contribution in [2.45, 2.75) is 94.5 Å². The van der Waals surface area contributed by atoms with Gasteiger partial charge in [-0.05, 0) is 6.92 Å². The molecule has 2 fully saturated rings. The third kappa shape index (κ3) is 6.79. The maximum Gasteiger partial charge on any atom is 0.217 e. The first kappa shape index (κ1) is 28.7. The first-order chi connectivity index (χ1) is 15.9. The molecule has 11 unspecified atom stereocenters. The first-order valence-electron chi connectivity index (χ1n) is 10.7. The molecule has 9 N–H and O–H groups in total. The summed E-state index contributed by atoms with van der Waals surface area (Å²) >= 11 is 0. The van der Waals surface area contributed by atoms with E-state index in [1.165, 1.54) is 6.92 Å². The monoisotopic (exact) mass is 498 g/mol. The van der Waals surface area contributed by atoms with Gasteiger partial charge < -0.3 is 65.3 Å². The van der Waals surface area contributed by atoms with Gasteiger partial charge in [-0.15, -0.1) is 0 Å². The molecule has 2 rings (SSSR count). The fourth-order valence-electron chi connectivity index (χ4n) is 4.02. The largest absolute Gasteiger partial charge is 0.394 e. The smallest absolute Gasteiger partial charge is 0.217 e. The van der Waals surface area contributed by atoms with Crippen LogP contribution in [0.25, 0.3) is 0 Å². The molecule has 2 heterocycles. The number of amides is 2. The van der Waals surface area contributed by atoms with Crippen molar-refractivity contribution >= 4 is 11.8 Å². The topological polar surface area (TPSA) is 237 Å². The first-order valence-corrected chi connectivity index (χ1v) is 10.7.